The fourth-order valence-corrected chi connectivity index (χ4v) is 1.56. The summed E-state index contributed by atoms with van der Waals surface area (Å²) in [5, 5.41) is 10.4. The Hall–Kier alpha value is -1.64. The fraction of sp³-hybridized carbons (Fsp3) is 0.273. The SMILES string of the molecule is O=C([O-])[C@H]1C[C@@H]1C(=O)c1ccccc1. The molecule has 1 saturated carbocycles. The van der Waals surface area contributed by atoms with Gasteiger partial charge in [-0.3, -0.25) is 4.79 Å². The maximum absolute atomic E-state index is 11.6. The third-order valence-electron chi connectivity index (χ3n) is 2.49. The minimum absolute atomic E-state index is 0.0835. The molecule has 0 aromatic heterocycles. The number of Topliss-reactive ketones (excluding diaryl/α,β-unsaturated/α-hetero) is 1. The molecule has 0 N–H and O–H groups in total. The number of hydrogen-bond acceptors (Lipinski definition) is 3. The number of carbonyl (C=O) groups is 2. The second-order valence-electron chi connectivity index (χ2n) is 3.50. The number of carboxylic acid groups (broad SMARTS) is 1. The molecule has 3 heteroatoms. The zero-order valence-corrected chi connectivity index (χ0v) is 7.47. The van der Waals surface area contributed by atoms with Gasteiger partial charge in [0.15, 0.2) is 5.78 Å². The molecule has 2 rings (SSSR count). The summed E-state index contributed by atoms with van der Waals surface area (Å²) in [7, 11) is 0. The Morgan fingerprint density at radius 2 is 1.79 bits per heavy atom. The van der Waals surface area contributed by atoms with Gasteiger partial charge >= 0.3 is 0 Å². The molecule has 1 aromatic rings. The van der Waals surface area contributed by atoms with Crippen molar-refractivity contribution >= 4 is 11.8 Å². The Labute approximate surface area is 81.4 Å². The van der Waals surface area contributed by atoms with Crippen molar-refractivity contribution in [1.29, 1.82) is 0 Å². The minimum atomic E-state index is -1.11. The largest absolute Gasteiger partial charge is 0.550 e. The predicted octanol–water partition coefficient (Wildman–Crippen LogP) is 0.255. The second kappa shape index (κ2) is 3.25. The summed E-state index contributed by atoms with van der Waals surface area (Å²) < 4.78 is 0. The first kappa shape index (κ1) is 8.94. The van der Waals surface area contributed by atoms with Gasteiger partial charge in [0.05, 0.1) is 0 Å². The molecule has 0 radical (unpaired) electrons. The molecule has 1 aliphatic rings. The summed E-state index contributed by atoms with van der Waals surface area (Å²) in [6, 6.07) is 8.76. The van der Waals surface area contributed by atoms with Gasteiger partial charge in [-0.2, -0.15) is 0 Å². The highest BCUT2D eigenvalue weighted by Crippen LogP contribution is 2.40. The van der Waals surface area contributed by atoms with E-state index in [-0.39, 0.29) is 11.7 Å². The fourth-order valence-electron chi connectivity index (χ4n) is 1.56. The lowest BCUT2D eigenvalue weighted by Crippen LogP contribution is -2.26. The Balaban J connectivity index is 2.09. The molecular formula is C11H9O3-. The number of carbonyl (C=O) groups excluding carboxylic acids is 2. The van der Waals surface area contributed by atoms with Gasteiger partial charge in [0.25, 0.3) is 0 Å². The first-order chi connectivity index (χ1) is 6.70. The average molecular weight is 189 g/mol. The number of ketones is 1. The van der Waals surface area contributed by atoms with E-state index in [4.69, 9.17) is 0 Å². The van der Waals surface area contributed by atoms with Crippen LogP contribution < -0.4 is 5.11 Å². The van der Waals surface area contributed by atoms with E-state index in [1.165, 1.54) is 0 Å². The molecule has 0 spiro atoms. The van der Waals surface area contributed by atoms with Crippen molar-refractivity contribution in [3.8, 4) is 0 Å². The van der Waals surface area contributed by atoms with E-state index in [0.29, 0.717) is 12.0 Å². The predicted molar refractivity (Wildman–Crippen MR) is 47.4 cm³/mol. The van der Waals surface area contributed by atoms with Gasteiger partial charge in [0.1, 0.15) is 0 Å². The van der Waals surface area contributed by atoms with Crippen LogP contribution in [0.15, 0.2) is 30.3 Å². The molecular weight excluding hydrogens is 180 g/mol. The summed E-state index contributed by atoms with van der Waals surface area (Å²) in [4.78, 5) is 22.1. The van der Waals surface area contributed by atoms with E-state index >= 15 is 0 Å². The van der Waals surface area contributed by atoms with E-state index in [1.807, 2.05) is 6.07 Å². The van der Waals surface area contributed by atoms with Crippen molar-refractivity contribution in [2.24, 2.45) is 11.8 Å². The topological polar surface area (TPSA) is 57.2 Å². The highest BCUT2D eigenvalue weighted by molar-refractivity contribution is 6.02. The Bertz CT molecular complexity index is 369. The van der Waals surface area contributed by atoms with Crippen molar-refractivity contribution < 1.29 is 14.7 Å². The average Bonchev–Trinajstić information content (AvgIpc) is 2.97. The summed E-state index contributed by atoms with van der Waals surface area (Å²) >= 11 is 0. The van der Waals surface area contributed by atoms with Gasteiger partial charge in [-0.25, -0.2) is 0 Å². The molecule has 0 amide bonds. The maximum atomic E-state index is 11.6. The van der Waals surface area contributed by atoms with Crippen LogP contribution in [0, 0.1) is 11.8 Å². The van der Waals surface area contributed by atoms with Crippen LogP contribution in [0.5, 0.6) is 0 Å². The smallest absolute Gasteiger partial charge is 0.166 e. The molecule has 0 heterocycles. The third kappa shape index (κ3) is 1.53. The van der Waals surface area contributed by atoms with E-state index in [9.17, 15) is 14.7 Å². The van der Waals surface area contributed by atoms with Crippen molar-refractivity contribution in [3.05, 3.63) is 35.9 Å². The standard InChI is InChI=1S/C11H10O3/c12-10(7-4-2-1-3-5-7)8-6-9(8)11(13)14/h1-5,8-9H,6H2,(H,13,14)/p-1/t8-,9-/m0/s1. The molecule has 2 atom stereocenters. The minimum Gasteiger partial charge on any atom is -0.550 e. The summed E-state index contributed by atoms with van der Waals surface area (Å²) in [5.74, 6) is -2.12. The first-order valence-corrected chi connectivity index (χ1v) is 4.50. The van der Waals surface area contributed by atoms with E-state index < -0.39 is 11.9 Å². The lowest BCUT2D eigenvalue weighted by atomic mass is 10.1. The van der Waals surface area contributed by atoms with Crippen LogP contribution in [0.2, 0.25) is 0 Å². The summed E-state index contributed by atoms with van der Waals surface area (Å²) in [6.07, 6.45) is 0.427. The molecule has 72 valence electrons. The number of rotatable bonds is 3. The van der Waals surface area contributed by atoms with Crippen LogP contribution in [0.1, 0.15) is 16.8 Å². The van der Waals surface area contributed by atoms with Crippen molar-refractivity contribution in [3.63, 3.8) is 0 Å². The van der Waals surface area contributed by atoms with Crippen LogP contribution in [-0.2, 0) is 4.79 Å². The van der Waals surface area contributed by atoms with Crippen LogP contribution in [0.4, 0.5) is 0 Å². The molecule has 0 saturated heterocycles. The lowest BCUT2D eigenvalue weighted by molar-refractivity contribution is -0.308. The summed E-state index contributed by atoms with van der Waals surface area (Å²) in [6.45, 7) is 0. The third-order valence-corrected chi connectivity index (χ3v) is 2.49. The highest BCUT2D eigenvalue weighted by Gasteiger charge is 2.43. The molecule has 1 aromatic carbocycles. The van der Waals surface area contributed by atoms with Gasteiger partial charge in [-0.05, 0) is 6.42 Å². The van der Waals surface area contributed by atoms with E-state index in [2.05, 4.69) is 0 Å². The molecule has 3 nitrogen and oxygen atoms in total. The Morgan fingerprint density at radius 3 is 2.29 bits per heavy atom. The number of carboxylic acids is 1. The quantitative estimate of drug-likeness (QED) is 0.640. The molecule has 0 unspecified atom stereocenters. The number of aliphatic carboxylic acids is 1. The Kier molecular flexibility index (Phi) is 2.08. The van der Waals surface area contributed by atoms with Crippen LogP contribution in [0.25, 0.3) is 0 Å². The zero-order valence-electron chi connectivity index (χ0n) is 7.47. The Morgan fingerprint density at radius 1 is 1.14 bits per heavy atom. The van der Waals surface area contributed by atoms with E-state index in [1.54, 1.807) is 24.3 Å². The molecule has 1 fully saturated rings. The van der Waals surface area contributed by atoms with Gasteiger partial charge in [-0.1, -0.05) is 30.3 Å². The van der Waals surface area contributed by atoms with Gasteiger partial charge < -0.3 is 9.90 Å². The first-order valence-electron chi connectivity index (χ1n) is 4.50. The van der Waals surface area contributed by atoms with Crippen molar-refractivity contribution in [2.75, 3.05) is 0 Å². The number of hydrogen-bond donors (Lipinski definition) is 0. The van der Waals surface area contributed by atoms with Crippen LogP contribution in [0.3, 0.4) is 0 Å². The zero-order chi connectivity index (χ0) is 10.1. The number of benzene rings is 1. The maximum Gasteiger partial charge on any atom is 0.166 e. The van der Waals surface area contributed by atoms with Gasteiger partial charge in [0, 0.05) is 23.4 Å². The van der Waals surface area contributed by atoms with Crippen LogP contribution >= 0.6 is 0 Å². The molecule has 1 aliphatic carbocycles. The lowest BCUT2D eigenvalue weighted by Gasteiger charge is -2.00. The van der Waals surface area contributed by atoms with Gasteiger partial charge in [-0.15, -0.1) is 0 Å². The molecule has 14 heavy (non-hydrogen) atoms. The van der Waals surface area contributed by atoms with Crippen molar-refractivity contribution in [2.45, 2.75) is 6.42 Å². The van der Waals surface area contributed by atoms with Crippen molar-refractivity contribution in [1.82, 2.24) is 0 Å². The normalized spacial score (nSPS) is 24.3. The second-order valence-corrected chi connectivity index (χ2v) is 3.50. The van der Waals surface area contributed by atoms with Crippen LogP contribution in [-0.4, -0.2) is 11.8 Å². The van der Waals surface area contributed by atoms with Gasteiger partial charge in [0.2, 0.25) is 0 Å². The highest BCUT2D eigenvalue weighted by atomic mass is 16.4. The molecule has 0 bridgehead atoms. The molecule has 0 aliphatic heterocycles. The monoisotopic (exact) mass is 189 g/mol. The van der Waals surface area contributed by atoms with E-state index in [0.717, 1.165) is 0 Å². The summed E-state index contributed by atoms with van der Waals surface area (Å²) in [5.41, 5.74) is 0.584.